The van der Waals surface area contributed by atoms with E-state index in [1.54, 1.807) is 17.5 Å². The molecule has 0 atom stereocenters. The summed E-state index contributed by atoms with van der Waals surface area (Å²) in [6.07, 6.45) is -3.68. The Labute approximate surface area is 137 Å². The first-order valence-corrected chi connectivity index (χ1v) is 8.07. The summed E-state index contributed by atoms with van der Waals surface area (Å²) in [4.78, 5) is 11.3. The van der Waals surface area contributed by atoms with Gasteiger partial charge >= 0.3 is 12.1 Å². The van der Waals surface area contributed by atoms with Crippen LogP contribution in [0.2, 0.25) is 0 Å². The Morgan fingerprint density at radius 3 is 2.57 bits per heavy atom. The molecule has 1 aliphatic rings. The molecular formula is C14H10F3NO3S2. The van der Waals surface area contributed by atoms with Gasteiger partial charge in [-0.3, -0.25) is 0 Å². The predicted octanol–water partition coefficient (Wildman–Crippen LogP) is 4.54. The molecule has 1 aliphatic heterocycles. The third-order valence-corrected chi connectivity index (χ3v) is 4.67. The van der Waals surface area contributed by atoms with Crippen molar-refractivity contribution in [3.63, 3.8) is 0 Å². The molecule has 2 aromatic heterocycles. The van der Waals surface area contributed by atoms with Crippen LogP contribution < -0.4 is 0 Å². The molecule has 0 N–H and O–H groups in total. The first kappa shape index (κ1) is 16.0. The van der Waals surface area contributed by atoms with Gasteiger partial charge in [-0.05, 0) is 23.0 Å². The number of halogens is 3. The highest BCUT2D eigenvalue weighted by Gasteiger charge is 2.42. The standard InChI is InChI=1S/C14H10F3NO3S2/c1-13(2)20-7(6-9(19)21-13)10-11(8-4-3-5-22-8)18-23-12(10)14(15,16)17/h3-6H,1-2H3. The zero-order valence-corrected chi connectivity index (χ0v) is 13.6. The lowest BCUT2D eigenvalue weighted by atomic mass is 10.1. The van der Waals surface area contributed by atoms with E-state index in [1.807, 2.05) is 0 Å². The molecule has 0 fully saturated rings. The maximum Gasteiger partial charge on any atom is 0.427 e. The van der Waals surface area contributed by atoms with Gasteiger partial charge in [-0.1, -0.05) is 6.07 Å². The molecule has 0 bridgehead atoms. The number of aromatic nitrogens is 1. The first-order chi connectivity index (χ1) is 10.7. The van der Waals surface area contributed by atoms with Crippen LogP contribution in [0.1, 0.15) is 24.3 Å². The number of hydrogen-bond donors (Lipinski definition) is 0. The fourth-order valence-electron chi connectivity index (χ4n) is 2.11. The lowest BCUT2D eigenvalue weighted by Crippen LogP contribution is -2.34. The fourth-order valence-corrected chi connectivity index (χ4v) is 3.65. The van der Waals surface area contributed by atoms with E-state index in [4.69, 9.17) is 9.47 Å². The molecule has 0 aromatic carbocycles. The van der Waals surface area contributed by atoms with Gasteiger partial charge in [-0.2, -0.15) is 17.5 Å². The van der Waals surface area contributed by atoms with E-state index < -0.39 is 22.8 Å². The van der Waals surface area contributed by atoms with Crippen molar-refractivity contribution in [2.45, 2.75) is 25.8 Å². The number of rotatable bonds is 2. The Morgan fingerprint density at radius 2 is 2.00 bits per heavy atom. The quantitative estimate of drug-likeness (QED) is 0.737. The number of nitrogens with zero attached hydrogens (tertiary/aromatic N) is 1. The van der Waals surface area contributed by atoms with Gasteiger partial charge in [0.2, 0.25) is 5.79 Å². The van der Waals surface area contributed by atoms with E-state index in [1.165, 1.54) is 25.2 Å². The van der Waals surface area contributed by atoms with Crippen molar-refractivity contribution in [1.82, 2.24) is 4.37 Å². The number of ether oxygens (including phenoxy) is 2. The lowest BCUT2D eigenvalue weighted by Gasteiger charge is -2.31. The number of thiophene rings is 1. The highest BCUT2D eigenvalue weighted by molar-refractivity contribution is 7.14. The minimum Gasteiger partial charge on any atom is -0.452 e. The van der Waals surface area contributed by atoms with Gasteiger partial charge in [0.25, 0.3) is 0 Å². The normalized spacial score (nSPS) is 17.4. The second-order valence-electron chi connectivity index (χ2n) is 5.14. The van der Waals surface area contributed by atoms with Crippen LogP contribution in [0.15, 0.2) is 23.6 Å². The molecule has 3 heterocycles. The molecule has 0 saturated heterocycles. The van der Waals surface area contributed by atoms with Crippen molar-refractivity contribution < 1.29 is 27.4 Å². The van der Waals surface area contributed by atoms with Gasteiger partial charge < -0.3 is 9.47 Å². The highest BCUT2D eigenvalue weighted by Crippen LogP contribution is 2.45. The summed E-state index contributed by atoms with van der Waals surface area (Å²) in [7, 11) is 0. The average molecular weight is 361 g/mol. The molecule has 0 aliphatic carbocycles. The maximum atomic E-state index is 13.3. The van der Waals surface area contributed by atoms with Gasteiger partial charge in [0.15, 0.2) is 0 Å². The van der Waals surface area contributed by atoms with Crippen LogP contribution in [0.25, 0.3) is 16.3 Å². The van der Waals surface area contributed by atoms with Crippen molar-refractivity contribution in [3.05, 3.63) is 34.0 Å². The molecule has 122 valence electrons. The third-order valence-electron chi connectivity index (χ3n) is 2.90. The molecule has 9 heteroatoms. The summed E-state index contributed by atoms with van der Waals surface area (Å²) in [6, 6.07) is 3.38. The van der Waals surface area contributed by atoms with E-state index >= 15 is 0 Å². The number of carbonyl (C=O) groups is 1. The van der Waals surface area contributed by atoms with E-state index in [9.17, 15) is 18.0 Å². The van der Waals surface area contributed by atoms with Crippen LogP contribution >= 0.6 is 22.9 Å². The average Bonchev–Trinajstić information content (AvgIpc) is 3.04. The second-order valence-corrected chi connectivity index (χ2v) is 6.86. The van der Waals surface area contributed by atoms with Crippen LogP contribution in [0.5, 0.6) is 0 Å². The smallest absolute Gasteiger partial charge is 0.427 e. The van der Waals surface area contributed by atoms with E-state index in [-0.39, 0.29) is 17.0 Å². The van der Waals surface area contributed by atoms with Gasteiger partial charge in [-0.15, -0.1) is 11.3 Å². The molecule has 3 rings (SSSR count). The summed E-state index contributed by atoms with van der Waals surface area (Å²) in [5, 5.41) is 1.74. The monoisotopic (exact) mass is 361 g/mol. The van der Waals surface area contributed by atoms with E-state index in [0.717, 1.165) is 6.08 Å². The van der Waals surface area contributed by atoms with Gasteiger partial charge in [-0.25, -0.2) is 4.79 Å². The molecule has 23 heavy (non-hydrogen) atoms. The number of esters is 1. The number of hydrogen-bond acceptors (Lipinski definition) is 6. The van der Waals surface area contributed by atoms with Crippen molar-refractivity contribution in [2.24, 2.45) is 0 Å². The predicted molar refractivity (Wildman–Crippen MR) is 79.7 cm³/mol. The lowest BCUT2D eigenvalue weighted by molar-refractivity contribution is -0.193. The van der Waals surface area contributed by atoms with E-state index in [0.29, 0.717) is 16.4 Å². The zero-order valence-electron chi connectivity index (χ0n) is 11.9. The zero-order chi connectivity index (χ0) is 16.8. The number of carbonyl (C=O) groups excluding carboxylic acids is 1. The fraction of sp³-hybridized carbons (Fsp3) is 0.286. The van der Waals surface area contributed by atoms with Crippen molar-refractivity contribution in [1.29, 1.82) is 0 Å². The van der Waals surface area contributed by atoms with Crippen LogP contribution in [0.4, 0.5) is 13.2 Å². The Morgan fingerprint density at radius 1 is 1.26 bits per heavy atom. The molecular weight excluding hydrogens is 351 g/mol. The van der Waals surface area contributed by atoms with Crippen LogP contribution in [0.3, 0.4) is 0 Å². The summed E-state index contributed by atoms with van der Waals surface area (Å²) < 4.78 is 54.3. The number of cyclic esters (lactones) is 1. The Hall–Kier alpha value is -1.87. The largest absolute Gasteiger partial charge is 0.452 e. The van der Waals surface area contributed by atoms with E-state index in [2.05, 4.69) is 4.37 Å². The van der Waals surface area contributed by atoms with Crippen LogP contribution in [-0.2, 0) is 20.4 Å². The van der Waals surface area contributed by atoms with Gasteiger partial charge in [0, 0.05) is 13.8 Å². The molecule has 0 radical (unpaired) electrons. The van der Waals surface area contributed by atoms with Gasteiger partial charge in [0.05, 0.1) is 16.5 Å². The Bertz CT molecular complexity index is 776. The maximum absolute atomic E-state index is 13.3. The summed E-state index contributed by atoms with van der Waals surface area (Å²) in [5.41, 5.74) is -0.0799. The molecule has 0 spiro atoms. The molecule has 0 saturated carbocycles. The van der Waals surface area contributed by atoms with Crippen LogP contribution in [0, 0.1) is 0 Å². The Balaban J connectivity index is 2.20. The SMILES string of the molecule is CC1(C)OC(=O)C=C(c2c(-c3cccs3)nsc2C(F)(F)F)O1. The topological polar surface area (TPSA) is 48.4 Å². The molecule has 2 aromatic rings. The molecule has 0 unspecified atom stereocenters. The highest BCUT2D eigenvalue weighted by atomic mass is 32.1. The van der Waals surface area contributed by atoms with Crippen molar-refractivity contribution in [3.8, 4) is 10.6 Å². The first-order valence-electron chi connectivity index (χ1n) is 6.42. The minimum absolute atomic E-state index is 0.147. The minimum atomic E-state index is -4.60. The third kappa shape index (κ3) is 3.11. The summed E-state index contributed by atoms with van der Waals surface area (Å²) in [5.74, 6) is -2.29. The van der Waals surface area contributed by atoms with Crippen LogP contribution in [-0.4, -0.2) is 16.1 Å². The Kier molecular flexibility index (Phi) is 3.72. The van der Waals surface area contributed by atoms with Crippen molar-refractivity contribution >= 4 is 34.6 Å². The summed E-state index contributed by atoms with van der Waals surface area (Å²) in [6.45, 7) is 2.91. The van der Waals surface area contributed by atoms with Gasteiger partial charge in [0.1, 0.15) is 16.3 Å². The summed E-state index contributed by atoms with van der Waals surface area (Å²) >= 11 is 1.59. The molecule has 0 amide bonds. The number of alkyl halides is 3. The van der Waals surface area contributed by atoms with Crippen molar-refractivity contribution in [2.75, 3.05) is 0 Å². The second kappa shape index (κ2) is 5.34. The molecule has 4 nitrogen and oxygen atoms in total.